The van der Waals surface area contributed by atoms with E-state index < -0.39 is 0 Å². The number of hydrogen-bond acceptors (Lipinski definition) is 2. The van der Waals surface area contributed by atoms with Crippen LogP contribution in [0.1, 0.15) is 0 Å². The molecule has 3 nitrogen and oxygen atoms in total. The van der Waals surface area contributed by atoms with Crippen LogP contribution in [-0.2, 0) is 0 Å². The molecule has 1 heterocycles. The van der Waals surface area contributed by atoms with Crippen molar-refractivity contribution in [3.8, 4) is 0 Å². The minimum absolute atomic E-state index is 0.325. The van der Waals surface area contributed by atoms with Gasteiger partial charge in [0.2, 0.25) is 0 Å². The highest BCUT2D eigenvalue weighted by atomic mass is 79.9. The molecule has 0 radical (unpaired) electrons. The minimum atomic E-state index is -0.325. The number of nitrogens with one attached hydrogen (secondary N) is 1. The van der Waals surface area contributed by atoms with Gasteiger partial charge in [0.15, 0.2) is 0 Å². The molecule has 0 bridgehead atoms. The minimum Gasteiger partial charge on any atom is -0.304 e. The summed E-state index contributed by atoms with van der Waals surface area (Å²) in [5.41, 5.74) is 0.465. The Bertz CT molecular complexity index is 478. The summed E-state index contributed by atoms with van der Waals surface area (Å²) in [5, 5.41) is 0.920. The molecule has 2 rings (SSSR count). The van der Waals surface area contributed by atoms with Crippen LogP contribution in [0.4, 0.5) is 0 Å². The van der Waals surface area contributed by atoms with Gasteiger partial charge in [-0.3, -0.25) is 0 Å². The smallest absolute Gasteiger partial charge is 0.304 e. The highest BCUT2D eigenvalue weighted by Gasteiger charge is 1.97. The Kier molecular flexibility index (Phi) is 1.69. The molecule has 0 atom stereocenters. The van der Waals surface area contributed by atoms with Crippen LogP contribution in [0.25, 0.3) is 10.9 Å². The lowest BCUT2D eigenvalue weighted by Gasteiger charge is -1.96. The lowest BCUT2D eigenvalue weighted by atomic mass is 10.2. The van der Waals surface area contributed by atoms with Crippen molar-refractivity contribution in [2.75, 3.05) is 0 Å². The first-order valence-electron chi connectivity index (χ1n) is 3.41. The van der Waals surface area contributed by atoms with Crippen molar-refractivity contribution >= 4 is 26.8 Å². The number of halogens is 1. The number of aromatic amines is 1. The van der Waals surface area contributed by atoms with Gasteiger partial charge in [0.1, 0.15) is 0 Å². The summed E-state index contributed by atoms with van der Waals surface area (Å²) in [5.74, 6) is 0. The molecule has 60 valence electrons. The number of fused-ring (bicyclic) bond motifs is 1. The van der Waals surface area contributed by atoms with Crippen LogP contribution >= 0.6 is 15.9 Å². The second kappa shape index (κ2) is 2.71. The van der Waals surface area contributed by atoms with Crippen LogP contribution in [0.3, 0.4) is 0 Å². The number of benzene rings is 1. The van der Waals surface area contributed by atoms with Gasteiger partial charge in [-0.15, -0.1) is 0 Å². The normalized spacial score (nSPS) is 10.4. The highest BCUT2D eigenvalue weighted by Crippen LogP contribution is 2.18. The molecule has 0 saturated carbocycles. The monoisotopic (exact) mass is 224 g/mol. The summed E-state index contributed by atoms with van der Waals surface area (Å²) in [4.78, 5) is 17.1. The number of para-hydroxylation sites is 1. The molecule has 0 aliphatic carbocycles. The third kappa shape index (κ3) is 1.14. The third-order valence-electron chi connectivity index (χ3n) is 1.60. The average molecular weight is 225 g/mol. The average Bonchev–Trinajstić information content (AvgIpc) is 2.07. The van der Waals surface area contributed by atoms with Gasteiger partial charge in [-0.1, -0.05) is 12.1 Å². The molecular weight excluding hydrogens is 220 g/mol. The Hall–Kier alpha value is -1.16. The molecule has 1 aromatic carbocycles. The standard InChI is InChI=1S/C8H5BrN2O/c9-6-3-1-2-5-4-10-8(12)11-7(5)6/h1-4H,(H,10,11,12). The topological polar surface area (TPSA) is 45.8 Å². The maximum Gasteiger partial charge on any atom is 0.345 e. The predicted molar refractivity (Wildman–Crippen MR) is 50.1 cm³/mol. The Morgan fingerprint density at radius 1 is 1.42 bits per heavy atom. The molecule has 2 aromatic rings. The van der Waals surface area contributed by atoms with E-state index in [1.807, 2.05) is 18.2 Å². The maximum atomic E-state index is 10.8. The van der Waals surface area contributed by atoms with E-state index >= 15 is 0 Å². The lowest BCUT2D eigenvalue weighted by molar-refractivity contribution is 1.12. The van der Waals surface area contributed by atoms with Gasteiger partial charge in [-0.25, -0.2) is 9.78 Å². The summed E-state index contributed by atoms with van der Waals surface area (Å²) in [6.07, 6.45) is 1.55. The summed E-state index contributed by atoms with van der Waals surface area (Å²) in [6, 6.07) is 5.66. The second-order valence-electron chi connectivity index (χ2n) is 2.39. The molecule has 0 fully saturated rings. The Labute approximate surface area is 76.6 Å². The van der Waals surface area contributed by atoms with Gasteiger partial charge in [0.25, 0.3) is 0 Å². The fraction of sp³-hybridized carbons (Fsp3) is 0. The fourth-order valence-electron chi connectivity index (χ4n) is 1.05. The van der Waals surface area contributed by atoms with E-state index in [0.717, 1.165) is 15.4 Å². The Morgan fingerprint density at radius 3 is 3.08 bits per heavy atom. The lowest BCUT2D eigenvalue weighted by Crippen LogP contribution is -2.08. The predicted octanol–water partition coefficient (Wildman–Crippen LogP) is 1.69. The van der Waals surface area contributed by atoms with E-state index in [4.69, 9.17) is 0 Å². The molecule has 0 aliphatic rings. The number of nitrogens with zero attached hydrogens (tertiary/aromatic N) is 1. The van der Waals surface area contributed by atoms with Crippen LogP contribution in [0.2, 0.25) is 0 Å². The fourth-order valence-corrected chi connectivity index (χ4v) is 1.53. The molecule has 0 unspecified atom stereocenters. The van der Waals surface area contributed by atoms with Crippen LogP contribution < -0.4 is 5.69 Å². The van der Waals surface area contributed by atoms with E-state index in [-0.39, 0.29) is 5.69 Å². The molecule has 4 heteroatoms. The first-order valence-corrected chi connectivity index (χ1v) is 4.20. The number of hydrogen-bond donors (Lipinski definition) is 1. The van der Waals surface area contributed by atoms with Gasteiger partial charge < -0.3 is 4.98 Å². The summed E-state index contributed by atoms with van der Waals surface area (Å²) in [6.45, 7) is 0. The van der Waals surface area contributed by atoms with Crippen LogP contribution in [0.5, 0.6) is 0 Å². The van der Waals surface area contributed by atoms with Crippen molar-refractivity contribution in [2.24, 2.45) is 0 Å². The van der Waals surface area contributed by atoms with Gasteiger partial charge in [-0.2, -0.15) is 0 Å². The first kappa shape index (κ1) is 7.49. The zero-order valence-corrected chi connectivity index (χ0v) is 7.63. The van der Waals surface area contributed by atoms with Crippen LogP contribution in [0, 0.1) is 0 Å². The van der Waals surface area contributed by atoms with Crippen molar-refractivity contribution in [3.63, 3.8) is 0 Å². The molecular formula is C8H5BrN2O. The summed E-state index contributed by atoms with van der Waals surface area (Å²) in [7, 11) is 0. The Morgan fingerprint density at radius 2 is 2.25 bits per heavy atom. The zero-order valence-electron chi connectivity index (χ0n) is 6.04. The molecule has 1 N–H and O–H groups in total. The van der Waals surface area contributed by atoms with Gasteiger partial charge in [0, 0.05) is 16.1 Å². The first-order chi connectivity index (χ1) is 5.77. The van der Waals surface area contributed by atoms with E-state index in [1.54, 1.807) is 6.20 Å². The van der Waals surface area contributed by atoms with Gasteiger partial charge >= 0.3 is 5.69 Å². The SMILES string of the molecule is O=c1ncc2cccc(Br)c2[nH]1. The molecule has 0 aliphatic heterocycles. The highest BCUT2D eigenvalue weighted by molar-refractivity contribution is 9.10. The maximum absolute atomic E-state index is 10.8. The number of rotatable bonds is 0. The van der Waals surface area contributed by atoms with E-state index in [9.17, 15) is 4.79 Å². The van der Waals surface area contributed by atoms with E-state index in [1.165, 1.54) is 0 Å². The third-order valence-corrected chi connectivity index (χ3v) is 2.26. The summed E-state index contributed by atoms with van der Waals surface area (Å²) >= 11 is 3.33. The zero-order chi connectivity index (χ0) is 8.55. The van der Waals surface area contributed by atoms with Gasteiger partial charge in [0.05, 0.1) is 5.52 Å². The van der Waals surface area contributed by atoms with Crippen LogP contribution in [0.15, 0.2) is 33.7 Å². The molecule has 1 aromatic heterocycles. The van der Waals surface area contributed by atoms with E-state index in [0.29, 0.717) is 0 Å². The van der Waals surface area contributed by atoms with Crippen molar-refractivity contribution in [2.45, 2.75) is 0 Å². The molecule has 12 heavy (non-hydrogen) atoms. The molecule has 0 amide bonds. The van der Waals surface area contributed by atoms with Crippen molar-refractivity contribution in [1.82, 2.24) is 9.97 Å². The van der Waals surface area contributed by atoms with Crippen molar-refractivity contribution < 1.29 is 0 Å². The van der Waals surface area contributed by atoms with Crippen LogP contribution in [-0.4, -0.2) is 9.97 Å². The largest absolute Gasteiger partial charge is 0.345 e. The second-order valence-corrected chi connectivity index (χ2v) is 3.25. The van der Waals surface area contributed by atoms with E-state index in [2.05, 4.69) is 25.9 Å². The van der Waals surface area contributed by atoms with Crippen molar-refractivity contribution in [3.05, 3.63) is 39.4 Å². The summed E-state index contributed by atoms with van der Waals surface area (Å²) < 4.78 is 0.875. The quantitative estimate of drug-likeness (QED) is 0.741. The number of aromatic nitrogens is 2. The molecule has 0 saturated heterocycles. The number of H-pyrrole nitrogens is 1. The Balaban J connectivity index is 2.97. The van der Waals surface area contributed by atoms with Gasteiger partial charge in [-0.05, 0) is 22.0 Å². The van der Waals surface area contributed by atoms with Crippen molar-refractivity contribution in [1.29, 1.82) is 0 Å². The molecule has 0 spiro atoms.